The summed E-state index contributed by atoms with van der Waals surface area (Å²) < 4.78 is 0. The Hall–Kier alpha value is -0.790. The van der Waals surface area contributed by atoms with Gasteiger partial charge in [0.25, 0.3) is 0 Å². The lowest BCUT2D eigenvalue weighted by Crippen LogP contribution is -2.17. The maximum atomic E-state index is 9.90. The van der Waals surface area contributed by atoms with E-state index in [-0.39, 0.29) is 13.2 Å². The number of aliphatic hydroxyl groups excluding tert-OH is 2. The van der Waals surface area contributed by atoms with Gasteiger partial charge in [0.2, 0.25) is 0 Å². The highest BCUT2D eigenvalue weighted by atomic mass is 32.1. The molecule has 0 aliphatic carbocycles. The molecule has 78 valence electrons. The Morgan fingerprint density at radius 3 is 1.62 bits per heavy atom. The molecule has 0 rings (SSSR count). The SMILES string of the molecule is O=C(O)CC(S)C(=O)O.OCCO. The number of hydrogen-bond donors (Lipinski definition) is 5. The zero-order valence-corrected chi connectivity index (χ0v) is 7.65. The van der Waals surface area contributed by atoms with Crippen LogP contribution in [0.2, 0.25) is 0 Å². The molecule has 7 heteroatoms. The lowest BCUT2D eigenvalue weighted by molar-refractivity contribution is -0.142. The molecule has 4 N–H and O–H groups in total. The number of hydrogen-bond acceptors (Lipinski definition) is 5. The predicted molar refractivity (Wildman–Crippen MR) is 46.8 cm³/mol. The second-order valence-corrected chi connectivity index (χ2v) is 2.52. The van der Waals surface area contributed by atoms with E-state index in [9.17, 15) is 9.59 Å². The minimum atomic E-state index is -1.21. The van der Waals surface area contributed by atoms with Crippen molar-refractivity contribution in [3.05, 3.63) is 0 Å². The topological polar surface area (TPSA) is 115 Å². The van der Waals surface area contributed by atoms with E-state index < -0.39 is 23.6 Å². The second-order valence-electron chi connectivity index (χ2n) is 1.90. The van der Waals surface area contributed by atoms with Crippen LogP contribution >= 0.6 is 12.6 Å². The molecule has 1 atom stereocenters. The summed E-state index contributed by atoms with van der Waals surface area (Å²) in [5.41, 5.74) is 0. The summed E-state index contributed by atoms with van der Waals surface area (Å²) in [5.74, 6) is -2.36. The quantitative estimate of drug-likeness (QED) is 0.374. The third-order valence-electron chi connectivity index (χ3n) is 0.753. The molecule has 0 saturated carbocycles. The maximum Gasteiger partial charge on any atom is 0.316 e. The van der Waals surface area contributed by atoms with Gasteiger partial charge in [-0.25, -0.2) is 0 Å². The van der Waals surface area contributed by atoms with Crippen LogP contribution in [-0.4, -0.2) is 50.8 Å². The molecular formula is C6H12O6S. The monoisotopic (exact) mass is 212 g/mol. The van der Waals surface area contributed by atoms with Crippen molar-refractivity contribution in [1.82, 2.24) is 0 Å². The average molecular weight is 212 g/mol. The predicted octanol–water partition coefficient (Wildman–Crippen LogP) is -1.18. The zero-order chi connectivity index (χ0) is 10.9. The first-order valence-corrected chi connectivity index (χ1v) is 3.81. The van der Waals surface area contributed by atoms with Crippen molar-refractivity contribution in [3.63, 3.8) is 0 Å². The van der Waals surface area contributed by atoms with Crippen molar-refractivity contribution in [2.45, 2.75) is 11.7 Å². The molecule has 0 aromatic carbocycles. The highest BCUT2D eigenvalue weighted by molar-refractivity contribution is 7.81. The molecule has 0 spiro atoms. The maximum absolute atomic E-state index is 9.90. The van der Waals surface area contributed by atoms with Crippen LogP contribution in [-0.2, 0) is 9.59 Å². The first kappa shape index (κ1) is 14.7. The van der Waals surface area contributed by atoms with Crippen LogP contribution in [0.4, 0.5) is 0 Å². The van der Waals surface area contributed by atoms with Crippen LogP contribution < -0.4 is 0 Å². The summed E-state index contributed by atoms with van der Waals surface area (Å²) in [6.45, 7) is -0.250. The fourth-order valence-electron chi connectivity index (χ4n) is 0.253. The van der Waals surface area contributed by atoms with E-state index in [2.05, 4.69) is 12.6 Å². The van der Waals surface area contributed by atoms with Crippen molar-refractivity contribution >= 4 is 24.6 Å². The van der Waals surface area contributed by atoms with Gasteiger partial charge in [-0.05, 0) is 0 Å². The van der Waals surface area contributed by atoms with Crippen molar-refractivity contribution in [1.29, 1.82) is 0 Å². The molecule has 13 heavy (non-hydrogen) atoms. The van der Waals surface area contributed by atoms with Crippen LogP contribution in [0.15, 0.2) is 0 Å². The van der Waals surface area contributed by atoms with Gasteiger partial charge in [-0.15, -0.1) is 0 Å². The molecule has 0 aromatic heterocycles. The van der Waals surface area contributed by atoms with Crippen LogP contribution in [0.3, 0.4) is 0 Å². The zero-order valence-electron chi connectivity index (χ0n) is 6.75. The Morgan fingerprint density at radius 1 is 1.15 bits per heavy atom. The van der Waals surface area contributed by atoms with Crippen molar-refractivity contribution < 1.29 is 30.0 Å². The average Bonchev–Trinajstić information content (AvgIpc) is 2.03. The van der Waals surface area contributed by atoms with Crippen molar-refractivity contribution in [2.75, 3.05) is 13.2 Å². The van der Waals surface area contributed by atoms with Crippen LogP contribution in [0.25, 0.3) is 0 Å². The number of rotatable bonds is 4. The summed E-state index contributed by atoms with van der Waals surface area (Å²) in [4.78, 5) is 19.7. The highest BCUT2D eigenvalue weighted by Gasteiger charge is 2.14. The van der Waals surface area contributed by atoms with E-state index in [1.165, 1.54) is 0 Å². The third kappa shape index (κ3) is 14.1. The molecule has 0 radical (unpaired) electrons. The van der Waals surface area contributed by atoms with Gasteiger partial charge in [0.1, 0.15) is 5.25 Å². The lowest BCUT2D eigenvalue weighted by Gasteiger charge is -1.97. The van der Waals surface area contributed by atoms with Gasteiger partial charge >= 0.3 is 11.9 Å². The molecule has 0 bridgehead atoms. The number of aliphatic hydroxyl groups is 2. The van der Waals surface area contributed by atoms with Gasteiger partial charge < -0.3 is 20.4 Å². The van der Waals surface area contributed by atoms with Crippen molar-refractivity contribution in [2.24, 2.45) is 0 Å². The van der Waals surface area contributed by atoms with Gasteiger partial charge in [0.15, 0.2) is 0 Å². The Balaban J connectivity index is 0. The van der Waals surface area contributed by atoms with Crippen LogP contribution in [0.5, 0.6) is 0 Å². The first-order chi connectivity index (χ1) is 5.95. The standard InChI is InChI=1S/C4H6O4S.C2H6O2/c5-3(6)1-2(9)4(7)8;3-1-2-4/h2,9H,1H2,(H,5,6)(H,7,8);3-4H,1-2H2. The van der Waals surface area contributed by atoms with Crippen LogP contribution in [0, 0.1) is 0 Å². The van der Waals surface area contributed by atoms with E-state index >= 15 is 0 Å². The first-order valence-electron chi connectivity index (χ1n) is 3.30. The van der Waals surface area contributed by atoms with E-state index in [1.54, 1.807) is 0 Å². The molecule has 0 amide bonds. The van der Waals surface area contributed by atoms with E-state index in [1.807, 2.05) is 0 Å². The molecule has 0 aliphatic heterocycles. The Morgan fingerprint density at radius 2 is 1.54 bits per heavy atom. The van der Waals surface area contributed by atoms with Gasteiger partial charge in [0.05, 0.1) is 19.6 Å². The number of carboxylic acids is 2. The number of aliphatic carboxylic acids is 2. The minimum Gasteiger partial charge on any atom is -0.481 e. The smallest absolute Gasteiger partial charge is 0.316 e. The minimum absolute atomic E-state index is 0.125. The number of thiol groups is 1. The molecule has 0 heterocycles. The number of carbonyl (C=O) groups is 2. The Labute approximate surface area is 80.2 Å². The van der Waals surface area contributed by atoms with E-state index in [4.69, 9.17) is 20.4 Å². The summed E-state index contributed by atoms with van der Waals surface area (Å²) in [6, 6.07) is 0. The largest absolute Gasteiger partial charge is 0.481 e. The summed E-state index contributed by atoms with van der Waals surface area (Å²) in [6.07, 6.45) is -0.446. The van der Waals surface area contributed by atoms with E-state index in [0.717, 1.165) is 0 Å². The van der Waals surface area contributed by atoms with Crippen molar-refractivity contribution in [3.8, 4) is 0 Å². The molecular weight excluding hydrogens is 200 g/mol. The van der Waals surface area contributed by atoms with Gasteiger partial charge in [0, 0.05) is 0 Å². The molecule has 0 aliphatic rings. The normalized spacial score (nSPS) is 11.0. The fourth-order valence-corrected chi connectivity index (χ4v) is 0.409. The molecule has 0 aromatic rings. The molecule has 1 unspecified atom stereocenters. The van der Waals surface area contributed by atoms with Crippen LogP contribution in [0.1, 0.15) is 6.42 Å². The summed E-state index contributed by atoms with van der Waals surface area (Å²) in [7, 11) is 0. The van der Waals surface area contributed by atoms with Gasteiger partial charge in [-0.3, -0.25) is 9.59 Å². The number of carboxylic acid groups (broad SMARTS) is 2. The summed E-state index contributed by atoms with van der Waals surface area (Å²) in [5, 5.41) is 30.3. The lowest BCUT2D eigenvalue weighted by atomic mass is 10.3. The third-order valence-corrected chi connectivity index (χ3v) is 1.16. The molecule has 0 fully saturated rings. The van der Waals surface area contributed by atoms with E-state index in [0.29, 0.717) is 0 Å². The molecule has 6 nitrogen and oxygen atoms in total. The van der Waals surface area contributed by atoms with Gasteiger partial charge in [-0.2, -0.15) is 12.6 Å². The Kier molecular flexibility index (Phi) is 10.5. The highest BCUT2D eigenvalue weighted by Crippen LogP contribution is 1.99. The summed E-state index contributed by atoms with van der Waals surface area (Å²) >= 11 is 3.48. The molecule has 0 saturated heterocycles. The second kappa shape index (κ2) is 9.30. The Bertz CT molecular complexity index is 157. The fraction of sp³-hybridized carbons (Fsp3) is 0.667. The van der Waals surface area contributed by atoms with Gasteiger partial charge in [-0.1, -0.05) is 0 Å².